The second kappa shape index (κ2) is 6.35. The first-order valence-electron chi connectivity index (χ1n) is 7.43. The predicted octanol–water partition coefficient (Wildman–Crippen LogP) is 1.37. The van der Waals surface area contributed by atoms with Crippen LogP contribution < -0.4 is 20.7 Å². The van der Waals surface area contributed by atoms with Crippen LogP contribution in [0.15, 0.2) is 24.3 Å². The molecular formula is C16H25N3O2. The summed E-state index contributed by atoms with van der Waals surface area (Å²) in [6, 6.07) is 7.82. The standard InChI is InChI=1S/C16H25N3O2/c1-4-18-16(15(17)20,12-5-6-12)11-19(2)13-7-9-14(21-3)10-8-13/h7-10,12,18H,4-6,11H2,1-3H3,(H2,17,20). The Morgan fingerprint density at radius 1 is 1.43 bits per heavy atom. The number of carbonyl (C=O) groups excluding carboxylic acids is 1. The van der Waals surface area contributed by atoms with Gasteiger partial charge in [0.2, 0.25) is 5.91 Å². The Labute approximate surface area is 126 Å². The number of rotatable bonds is 8. The van der Waals surface area contributed by atoms with Crippen molar-refractivity contribution in [3.8, 4) is 5.75 Å². The van der Waals surface area contributed by atoms with Crippen LogP contribution in [0.3, 0.4) is 0 Å². The van der Waals surface area contributed by atoms with E-state index in [1.165, 1.54) is 0 Å². The van der Waals surface area contributed by atoms with Crippen LogP contribution in [-0.2, 0) is 4.79 Å². The van der Waals surface area contributed by atoms with Gasteiger partial charge in [-0.05, 0) is 49.6 Å². The third-order valence-corrected chi connectivity index (χ3v) is 4.21. The molecule has 1 unspecified atom stereocenters. The van der Waals surface area contributed by atoms with E-state index < -0.39 is 5.54 Å². The number of nitrogens with two attached hydrogens (primary N) is 1. The van der Waals surface area contributed by atoms with Crippen molar-refractivity contribution >= 4 is 11.6 Å². The lowest BCUT2D eigenvalue weighted by Gasteiger charge is -2.36. The van der Waals surface area contributed by atoms with Gasteiger partial charge < -0.3 is 20.7 Å². The molecule has 2 rings (SSSR count). The zero-order chi connectivity index (χ0) is 15.5. The molecule has 1 saturated carbocycles. The van der Waals surface area contributed by atoms with Crippen molar-refractivity contribution in [1.29, 1.82) is 0 Å². The molecule has 1 aliphatic carbocycles. The summed E-state index contributed by atoms with van der Waals surface area (Å²) >= 11 is 0. The minimum atomic E-state index is -0.635. The Balaban J connectivity index is 2.16. The third kappa shape index (κ3) is 3.29. The summed E-state index contributed by atoms with van der Waals surface area (Å²) < 4.78 is 5.17. The summed E-state index contributed by atoms with van der Waals surface area (Å²) in [6.45, 7) is 3.32. The Hall–Kier alpha value is -1.75. The molecule has 1 fully saturated rings. The van der Waals surface area contributed by atoms with E-state index in [0.29, 0.717) is 12.5 Å². The lowest BCUT2D eigenvalue weighted by atomic mass is 9.91. The van der Waals surface area contributed by atoms with E-state index in [0.717, 1.165) is 30.8 Å². The molecule has 5 heteroatoms. The molecule has 1 atom stereocenters. The van der Waals surface area contributed by atoms with E-state index in [9.17, 15) is 4.79 Å². The smallest absolute Gasteiger partial charge is 0.239 e. The molecule has 116 valence electrons. The van der Waals surface area contributed by atoms with Crippen molar-refractivity contribution in [3.05, 3.63) is 24.3 Å². The fourth-order valence-corrected chi connectivity index (χ4v) is 2.89. The Morgan fingerprint density at radius 2 is 2.05 bits per heavy atom. The molecule has 0 spiro atoms. The maximum Gasteiger partial charge on any atom is 0.239 e. The van der Waals surface area contributed by atoms with Crippen LogP contribution in [0.5, 0.6) is 5.75 Å². The van der Waals surface area contributed by atoms with Crippen LogP contribution in [0, 0.1) is 5.92 Å². The minimum absolute atomic E-state index is 0.257. The molecule has 0 saturated heterocycles. The number of amides is 1. The van der Waals surface area contributed by atoms with Gasteiger partial charge in [-0.25, -0.2) is 0 Å². The average Bonchev–Trinajstić information content (AvgIpc) is 3.31. The number of nitrogens with one attached hydrogen (secondary N) is 1. The Morgan fingerprint density at radius 3 is 2.48 bits per heavy atom. The van der Waals surface area contributed by atoms with Crippen molar-refractivity contribution in [1.82, 2.24) is 5.32 Å². The highest BCUT2D eigenvalue weighted by Gasteiger charge is 2.49. The highest BCUT2D eigenvalue weighted by atomic mass is 16.5. The van der Waals surface area contributed by atoms with Crippen molar-refractivity contribution in [2.75, 3.05) is 32.1 Å². The lowest BCUT2D eigenvalue weighted by molar-refractivity contribution is -0.124. The van der Waals surface area contributed by atoms with Crippen molar-refractivity contribution in [2.45, 2.75) is 25.3 Å². The van der Waals surface area contributed by atoms with Crippen LogP contribution in [0.2, 0.25) is 0 Å². The largest absolute Gasteiger partial charge is 0.497 e. The topological polar surface area (TPSA) is 67.6 Å². The fraction of sp³-hybridized carbons (Fsp3) is 0.562. The molecule has 0 bridgehead atoms. The third-order valence-electron chi connectivity index (χ3n) is 4.21. The van der Waals surface area contributed by atoms with E-state index in [1.54, 1.807) is 7.11 Å². The molecule has 21 heavy (non-hydrogen) atoms. The van der Waals surface area contributed by atoms with Crippen LogP contribution in [0.25, 0.3) is 0 Å². The first-order valence-corrected chi connectivity index (χ1v) is 7.43. The Bertz CT molecular complexity index is 485. The fourth-order valence-electron chi connectivity index (χ4n) is 2.89. The maximum atomic E-state index is 12.1. The quantitative estimate of drug-likeness (QED) is 0.759. The van der Waals surface area contributed by atoms with Crippen molar-refractivity contribution in [2.24, 2.45) is 11.7 Å². The van der Waals surface area contributed by atoms with Gasteiger partial charge in [-0.15, -0.1) is 0 Å². The van der Waals surface area contributed by atoms with Crippen LogP contribution >= 0.6 is 0 Å². The van der Waals surface area contributed by atoms with Gasteiger partial charge in [-0.1, -0.05) is 6.92 Å². The second-order valence-electron chi connectivity index (χ2n) is 5.69. The number of carbonyl (C=O) groups is 1. The van der Waals surface area contributed by atoms with Gasteiger partial charge >= 0.3 is 0 Å². The summed E-state index contributed by atoms with van der Waals surface area (Å²) in [4.78, 5) is 14.1. The summed E-state index contributed by atoms with van der Waals surface area (Å²) in [5.41, 5.74) is 6.13. The van der Waals surface area contributed by atoms with Crippen molar-refractivity contribution in [3.63, 3.8) is 0 Å². The van der Waals surface area contributed by atoms with Gasteiger partial charge in [0.25, 0.3) is 0 Å². The van der Waals surface area contributed by atoms with Crippen LogP contribution in [-0.4, -0.2) is 38.7 Å². The number of primary amides is 1. The summed E-state index contributed by atoms with van der Waals surface area (Å²) in [7, 11) is 3.63. The van der Waals surface area contributed by atoms with Crippen LogP contribution in [0.4, 0.5) is 5.69 Å². The highest BCUT2D eigenvalue weighted by Crippen LogP contribution is 2.40. The number of ether oxygens (including phenoxy) is 1. The molecule has 0 aromatic heterocycles. The van der Waals surface area contributed by atoms with E-state index in [1.807, 2.05) is 38.2 Å². The molecule has 1 aliphatic rings. The van der Waals surface area contributed by atoms with Gasteiger partial charge in [-0.2, -0.15) is 0 Å². The molecule has 1 amide bonds. The molecule has 0 heterocycles. The first kappa shape index (κ1) is 15.6. The average molecular weight is 291 g/mol. The number of hydrogen-bond donors (Lipinski definition) is 2. The van der Waals surface area contributed by atoms with E-state index >= 15 is 0 Å². The summed E-state index contributed by atoms with van der Waals surface area (Å²) in [6.07, 6.45) is 2.12. The number of methoxy groups -OCH3 is 1. The summed E-state index contributed by atoms with van der Waals surface area (Å²) in [5.74, 6) is 0.907. The molecule has 5 nitrogen and oxygen atoms in total. The zero-order valence-corrected chi connectivity index (χ0v) is 13.1. The zero-order valence-electron chi connectivity index (χ0n) is 13.1. The van der Waals surface area contributed by atoms with E-state index in [-0.39, 0.29) is 5.91 Å². The number of hydrogen-bond acceptors (Lipinski definition) is 4. The molecule has 3 N–H and O–H groups in total. The maximum absolute atomic E-state index is 12.1. The number of anilines is 1. The van der Waals surface area contributed by atoms with E-state index in [4.69, 9.17) is 10.5 Å². The minimum Gasteiger partial charge on any atom is -0.497 e. The molecule has 1 aromatic rings. The predicted molar refractivity (Wildman–Crippen MR) is 84.6 cm³/mol. The highest BCUT2D eigenvalue weighted by molar-refractivity contribution is 5.86. The summed E-state index contributed by atoms with van der Waals surface area (Å²) in [5, 5.41) is 3.34. The van der Waals surface area contributed by atoms with Crippen molar-refractivity contribution < 1.29 is 9.53 Å². The van der Waals surface area contributed by atoms with E-state index in [2.05, 4.69) is 10.2 Å². The van der Waals surface area contributed by atoms with Gasteiger partial charge in [0.05, 0.1) is 7.11 Å². The van der Waals surface area contributed by atoms with Gasteiger partial charge in [0.1, 0.15) is 11.3 Å². The van der Waals surface area contributed by atoms with Gasteiger partial charge in [-0.3, -0.25) is 4.79 Å². The molecule has 0 radical (unpaired) electrons. The normalized spacial score (nSPS) is 17.1. The lowest BCUT2D eigenvalue weighted by Crippen LogP contribution is -2.63. The molecule has 1 aromatic carbocycles. The second-order valence-corrected chi connectivity index (χ2v) is 5.69. The SMILES string of the molecule is CCNC(CN(C)c1ccc(OC)cc1)(C(N)=O)C1CC1. The number of benzene rings is 1. The number of nitrogens with zero attached hydrogens (tertiary/aromatic N) is 1. The van der Waals surface area contributed by atoms with Crippen LogP contribution in [0.1, 0.15) is 19.8 Å². The van der Waals surface area contributed by atoms with Gasteiger partial charge in [0, 0.05) is 19.3 Å². The first-order chi connectivity index (χ1) is 10.0. The van der Waals surface area contributed by atoms with Gasteiger partial charge in [0.15, 0.2) is 0 Å². The molecule has 0 aliphatic heterocycles. The Kier molecular flexibility index (Phi) is 4.73. The molecular weight excluding hydrogens is 266 g/mol. The number of likely N-dealkylation sites (N-methyl/N-ethyl adjacent to an activating group) is 2. The monoisotopic (exact) mass is 291 g/mol.